The van der Waals surface area contributed by atoms with E-state index in [-0.39, 0.29) is 6.10 Å². The minimum atomic E-state index is -0.210. The summed E-state index contributed by atoms with van der Waals surface area (Å²) in [5.41, 5.74) is 2.75. The molecule has 1 aromatic rings. The molecule has 0 saturated carbocycles. The number of rotatable bonds is 9. The lowest BCUT2D eigenvalue weighted by atomic mass is 9.98. The van der Waals surface area contributed by atoms with Crippen LogP contribution in [-0.4, -0.2) is 42.8 Å². The molecule has 0 saturated heterocycles. The molecule has 0 aromatic heterocycles. The van der Waals surface area contributed by atoms with Crippen LogP contribution in [0.25, 0.3) is 0 Å². The molecule has 3 nitrogen and oxygen atoms in total. The van der Waals surface area contributed by atoms with Gasteiger partial charge in [-0.25, -0.2) is 0 Å². The summed E-state index contributed by atoms with van der Waals surface area (Å²) in [6.07, 6.45) is 1.72. The predicted octanol–water partition coefficient (Wildman–Crippen LogP) is 2.74. The smallest absolute Gasteiger partial charge is 0.0524 e. The van der Waals surface area contributed by atoms with Crippen molar-refractivity contribution in [3.05, 3.63) is 35.4 Å². The topological polar surface area (TPSA) is 35.5 Å². The van der Waals surface area contributed by atoms with Gasteiger partial charge in [0.05, 0.1) is 6.10 Å². The summed E-state index contributed by atoms with van der Waals surface area (Å²) in [7, 11) is 2.13. The molecule has 1 aromatic carbocycles. The van der Waals surface area contributed by atoms with Gasteiger partial charge in [0.15, 0.2) is 0 Å². The first-order chi connectivity index (χ1) is 9.54. The van der Waals surface area contributed by atoms with E-state index in [4.69, 9.17) is 0 Å². The van der Waals surface area contributed by atoms with Gasteiger partial charge >= 0.3 is 0 Å². The zero-order valence-electron chi connectivity index (χ0n) is 13.4. The number of aryl methyl sites for hydroxylation is 1. The van der Waals surface area contributed by atoms with Crippen molar-refractivity contribution in [3.63, 3.8) is 0 Å². The average Bonchev–Trinajstić information content (AvgIpc) is 2.42. The van der Waals surface area contributed by atoms with Crippen molar-refractivity contribution in [1.82, 2.24) is 10.2 Å². The standard InChI is InChI=1S/C17H30N2O/c1-5-18-17(16-9-7-6-8-14(16)2)11-13-19(4)12-10-15(3)20/h6-9,15,17-18,20H,5,10-13H2,1-4H3. The van der Waals surface area contributed by atoms with E-state index in [1.165, 1.54) is 11.1 Å². The summed E-state index contributed by atoms with van der Waals surface area (Å²) >= 11 is 0. The average molecular weight is 278 g/mol. The van der Waals surface area contributed by atoms with Crippen LogP contribution in [0, 0.1) is 6.92 Å². The summed E-state index contributed by atoms with van der Waals surface area (Å²) in [6.45, 7) is 9.15. The van der Waals surface area contributed by atoms with E-state index in [0.29, 0.717) is 6.04 Å². The second-order valence-electron chi connectivity index (χ2n) is 5.70. The first-order valence-corrected chi connectivity index (χ1v) is 7.70. The molecule has 0 bridgehead atoms. The van der Waals surface area contributed by atoms with E-state index >= 15 is 0 Å². The summed E-state index contributed by atoms with van der Waals surface area (Å²) < 4.78 is 0. The van der Waals surface area contributed by atoms with Gasteiger partial charge in [0.1, 0.15) is 0 Å². The van der Waals surface area contributed by atoms with Gasteiger partial charge in [-0.15, -0.1) is 0 Å². The molecule has 0 fully saturated rings. The first-order valence-electron chi connectivity index (χ1n) is 7.70. The lowest BCUT2D eigenvalue weighted by Crippen LogP contribution is -2.29. The molecule has 0 spiro atoms. The Kier molecular flexibility index (Phi) is 7.82. The highest BCUT2D eigenvalue weighted by molar-refractivity contribution is 5.28. The van der Waals surface area contributed by atoms with Crippen LogP contribution in [0.4, 0.5) is 0 Å². The van der Waals surface area contributed by atoms with Gasteiger partial charge in [0.2, 0.25) is 0 Å². The Morgan fingerprint density at radius 3 is 2.45 bits per heavy atom. The minimum Gasteiger partial charge on any atom is -0.393 e. The third-order valence-corrected chi connectivity index (χ3v) is 3.74. The molecule has 1 rings (SSSR count). The van der Waals surface area contributed by atoms with Gasteiger partial charge < -0.3 is 15.3 Å². The summed E-state index contributed by atoms with van der Waals surface area (Å²) in [5.74, 6) is 0. The fourth-order valence-corrected chi connectivity index (χ4v) is 2.46. The van der Waals surface area contributed by atoms with E-state index in [0.717, 1.165) is 32.5 Å². The number of hydrogen-bond donors (Lipinski definition) is 2. The highest BCUT2D eigenvalue weighted by Gasteiger charge is 2.13. The maximum atomic E-state index is 9.34. The van der Waals surface area contributed by atoms with Gasteiger partial charge in [-0.2, -0.15) is 0 Å². The zero-order valence-corrected chi connectivity index (χ0v) is 13.4. The maximum absolute atomic E-state index is 9.34. The van der Waals surface area contributed by atoms with Crippen molar-refractivity contribution >= 4 is 0 Å². The van der Waals surface area contributed by atoms with Crippen LogP contribution in [0.5, 0.6) is 0 Å². The first kappa shape index (κ1) is 17.2. The van der Waals surface area contributed by atoms with Crippen molar-refractivity contribution in [2.45, 2.75) is 45.8 Å². The Morgan fingerprint density at radius 1 is 1.20 bits per heavy atom. The number of aliphatic hydroxyl groups excluding tert-OH is 1. The predicted molar refractivity (Wildman–Crippen MR) is 86.0 cm³/mol. The molecule has 2 N–H and O–H groups in total. The van der Waals surface area contributed by atoms with Crippen molar-refractivity contribution in [1.29, 1.82) is 0 Å². The molecule has 114 valence electrons. The Labute approximate surface area is 124 Å². The molecule has 20 heavy (non-hydrogen) atoms. The number of aliphatic hydroxyl groups is 1. The normalized spacial score (nSPS) is 14.5. The Morgan fingerprint density at radius 2 is 1.85 bits per heavy atom. The van der Waals surface area contributed by atoms with Gasteiger partial charge in [-0.3, -0.25) is 0 Å². The molecule has 2 unspecified atom stereocenters. The van der Waals surface area contributed by atoms with Gasteiger partial charge in [0, 0.05) is 12.6 Å². The monoisotopic (exact) mass is 278 g/mol. The van der Waals surface area contributed by atoms with Crippen molar-refractivity contribution in [2.24, 2.45) is 0 Å². The molecule has 0 aliphatic heterocycles. The third kappa shape index (κ3) is 6.04. The lowest BCUT2D eigenvalue weighted by molar-refractivity contribution is 0.163. The van der Waals surface area contributed by atoms with E-state index in [1.807, 2.05) is 6.92 Å². The maximum Gasteiger partial charge on any atom is 0.0524 e. The molecule has 0 aliphatic carbocycles. The molecule has 0 heterocycles. The summed E-state index contributed by atoms with van der Waals surface area (Å²) in [4.78, 5) is 2.30. The Bertz CT molecular complexity index is 379. The second kappa shape index (κ2) is 9.11. The second-order valence-corrected chi connectivity index (χ2v) is 5.70. The van der Waals surface area contributed by atoms with Crippen LogP contribution in [-0.2, 0) is 0 Å². The number of nitrogens with zero attached hydrogens (tertiary/aromatic N) is 1. The fraction of sp³-hybridized carbons (Fsp3) is 0.647. The molecular formula is C17H30N2O. The minimum absolute atomic E-state index is 0.210. The molecule has 3 heteroatoms. The van der Waals surface area contributed by atoms with Crippen molar-refractivity contribution in [2.75, 3.05) is 26.7 Å². The molecule has 0 amide bonds. The summed E-state index contributed by atoms with van der Waals surface area (Å²) in [6, 6.07) is 9.02. The molecular weight excluding hydrogens is 248 g/mol. The largest absolute Gasteiger partial charge is 0.393 e. The van der Waals surface area contributed by atoms with Crippen LogP contribution in [0.2, 0.25) is 0 Å². The third-order valence-electron chi connectivity index (χ3n) is 3.74. The molecule has 0 aliphatic rings. The van der Waals surface area contributed by atoms with Crippen LogP contribution >= 0.6 is 0 Å². The number of benzene rings is 1. The van der Waals surface area contributed by atoms with E-state index in [2.05, 4.69) is 55.4 Å². The zero-order chi connectivity index (χ0) is 15.0. The molecule has 2 atom stereocenters. The fourth-order valence-electron chi connectivity index (χ4n) is 2.46. The van der Waals surface area contributed by atoms with Crippen LogP contribution in [0.1, 0.15) is 43.9 Å². The van der Waals surface area contributed by atoms with Crippen LogP contribution in [0.15, 0.2) is 24.3 Å². The number of nitrogens with one attached hydrogen (secondary N) is 1. The van der Waals surface area contributed by atoms with Crippen LogP contribution in [0.3, 0.4) is 0 Å². The highest BCUT2D eigenvalue weighted by atomic mass is 16.3. The van der Waals surface area contributed by atoms with E-state index in [1.54, 1.807) is 0 Å². The van der Waals surface area contributed by atoms with E-state index in [9.17, 15) is 5.11 Å². The van der Waals surface area contributed by atoms with Gasteiger partial charge in [-0.1, -0.05) is 31.2 Å². The van der Waals surface area contributed by atoms with E-state index < -0.39 is 0 Å². The lowest BCUT2D eigenvalue weighted by Gasteiger charge is -2.24. The van der Waals surface area contributed by atoms with Crippen molar-refractivity contribution < 1.29 is 5.11 Å². The Balaban J connectivity index is 2.53. The number of hydrogen-bond acceptors (Lipinski definition) is 3. The molecule has 0 radical (unpaired) electrons. The quantitative estimate of drug-likeness (QED) is 0.729. The van der Waals surface area contributed by atoms with Crippen molar-refractivity contribution in [3.8, 4) is 0 Å². The van der Waals surface area contributed by atoms with Gasteiger partial charge in [0.25, 0.3) is 0 Å². The highest BCUT2D eigenvalue weighted by Crippen LogP contribution is 2.20. The van der Waals surface area contributed by atoms with Crippen LogP contribution < -0.4 is 5.32 Å². The van der Waals surface area contributed by atoms with Gasteiger partial charge in [-0.05, 0) is 58.0 Å². The summed E-state index contributed by atoms with van der Waals surface area (Å²) in [5, 5.41) is 12.9. The SMILES string of the molecule is CCNC(CCN(C)CCC(C)O)c1ccccc1C. The Hall–Kier alpha value is -0.900.